The molecule has 0 fully saturated rings. The van der Waals surface area contributed by atoms with E-state index in [9.17, 15) is 14.9 Å². The first-order chi connectivity index (χ1) is 8.15. The summed E-state index contributed by atoms with van der Waals surface area (Å²) in [7, 11) is 0. The van der Waals surface area contributed by atoms with Gasteiger partial charge in [-0.1, -0.05) is 0 Å². The van der Waals surface area contributed by atoms with Crippen molar-refractivity contribution in [3.8, 4) is 12.3 Å². The fourth-order valence-electron chi connectivity index (χ4n) is 1.19. The third-order valence-electron chi connectivity index (χ3n) is 2.03. The van der Waals surface area contributed by atoms with Crippen LogP contribution in [0.3, 0.4) is 0 Å². The molecule has 6 nitrogen and oxygen atoms in total. The summed E-state index contributed by atoms with van der Waals surface area (Å²) < 4.78 is 4.74. The number of nitrogens with one attached hydrogen (secondary N) is 1. The molecule has 0 saturated heterocycles. The van der Waals surface area contributed by atoms with Crippen LogP contribution in [0, 0.1) is 22.5 Å². The summed E-state index contributed by atoms with van der Waals surface area (Å²) >= 11 is 0. The number of rotatable bonds is 6. The van der Waals surface area contributed by atoms with Gasteiger partial charge in [0.05, 0.1) is 6.07 Å². The van der Waals surface area contributed by atoms with Crippen LogP contribution in [0.2, 0.25) is 0 Å². The number of hydrogen-bond donors (Lipinski definition) is 1. The molecule has 1 N–H and O–H groups in total. The van der Waals surface area contributed by atoms with Crippen molar-refractivity contribution in [2.75, 3.05) is 6.54 Å². The molecule has 1 amide bonds. The van der Waals surface area contributed by atoms with Crippen molar-refractivity contribution in [1.82, 2.24) is 5.32 Å². The zero-order chi connectivity index (χ0) is 12.7. The minimum absolute atomic E-state index is 0.0614. The largest absolute Gasteiger partial charge is 0.433 e. The summed E-state index contributed by atoms with van der Waals surface area (Å²) in [6.07, 6.45) is 7.34. The fraction of sp³-hybridized carbons (Fsp3) is 0.364. The van der Waals surface area contributed by atoms with E-state index >= 15 is 0 Å². The van der Waals surface area contributed by atoms with Crippen LogP contribution in [0.1, 0.15) is 29.8 Å². The van der Waals surface area contributed by atoms with Crippen molar-refractivity contribution in [2.45, 2.75) is 19.3 Å². The maximum absolute atomic E-state index is 11.4. The predicted octanol–water partition coefficient (Wildman–Crippen LogP) is 1.72. The molecule has 0 unspecified atom stereocenters. The number of hydrogen-bond acceptors (Lipinski definition) is 4. The Balaban J connectivity index is 2.37. The van der Waals surface area contributed by atoms with Gasteiger partial charge in [-0.25, -0.2) is 0 Å². The summed E-state index contributed by atoms with van der Waals surface area (Å²) in [6, 6.07) is 2.42. The van der Waals surface area contributed by atoms with E-state index in [4.69, 9.17) is 10.8 Å². The summed E-state index contributed by atoms with van der Waals surface area (Å²) in [5.74, 6) is 1.53. The number of carbonyl (C=O) groups excluding carboxylic acids is 1. The molecular formula is C11H12N2O4. The molecule has 0 aliphatic carbocycles. The van der Waals surface area contributed by atoms with Crippen molar-refractivity contribution in [3.05, 3.63) is 28.0 Å². The summed E-state index contributed by atoms with van der Waals surface area (Å²) in [4.78, 5) is 21.1. The average molecular weight is 236 g/mol. The number of amides is 1. The highest BCUT2D eigenvalue weighted by Gasteiger charge is 2.16. The lowest BCUT2D eigenvalue weighted by molar-refractivity contribution is -0.402. The van der Waals surface area contributed by atoms with Crippen LogP contribution in [0.4, 0.5) is 5.88 Å². The number of furan rings is 1. The van der Waals surface area contributed by atoms with Crippen LogP contribution < -0.4 is 5.32 Å². The Morgan fingerprint density at radius 2 is 2.29 bits per heavy atom. The Labute approximate surface area is 98.1 Å². The third-order valence-corrected chi connectivity index (χ3v) is 2.03. The molecular weight excluding hydrogens is 224 g/mol. The van der Waals surface area contributed by atoms with Crippen LogP contribution in [0.5, 0.6) is 0 Å². The van der Waals surface area contributed by atoms with Crippen LogP contribution in [-0.2, 0) is 0 Å². The topological polar surface area (TPSA) is 85.4 Å². The monoisotopic (exact) mass is 236 g/mol. The zero-order valence-electron chi connectivity index (χ0n) is 9.14. The molecule has 17 heavy (non-hydrogen) atoms. The van der Waals surface area contributed by atoms with Gasteiger partial charge in [-0.15, -0.1) is 12.3 Å². The first-order valence-corrected chi connectivity index (χ1v) is 5.11. The summed E-state index contributed by atoms with van der Waals surface area (Å²) in [6.45, 7) is 0.467. The lowest BCUT2D eigenvalue weighted by Crippen LogP contribution is -2.23. The van der Waals surface area contributed by atoms with E-state index in [1.165, 1.54) is 6.07 Å². The fourth-order valence-corrected chi connectivity index (χ4v) is 1.19. The number of carbonyl (C=O) groups is 1. The van der Waals surface area contributed by atoms with E-state index in [2.05, 4.69) is 11.2 Å². The SMILES string of the molecule is C#CCCCCNC(=O)c1ccc([N+](=O)[O-])o1. The molecule has 0 aliphatic heterocycles. The molecule has 0 saturated carbocycles. The molecule has 1 heterocycles. The minimum Gasteiger partial charge on any atom is -0.395 e. The number of unbranched alkanes of at least 4 members (excludes halogenated alkanes) is 2. The maximum Gasteiger partial charge on any atom is 0.433 e. The van der Waals surface area contributed by atoms with Crippen LogP contribution in [-0.4, -0.2) is 17.4 Å². The van der Waals surface area contributed by atoms with Gasteiger partial charge in [-0.05, 0) is 18.9 Å². The zero-order valence-corrected chi connectivity index (χ0v) is 9.14. The Hall–Kier alpha value is -2.29. The molecule has 0 spiro atoms. The van der Waals surface area contributed by atoms with Crippen molar-refractivity contribution in [1.29, 1.82) is 0 Å². The highest BCUT2D eigenvalue weighted by atomic mass is 16.6. The van der Waals surface area contributed by atoms with Crippen molar-refractivity contribution < 1.29 is 14.1 Å². The lowest BCUT2D eigenvalue weighted by atomic mass is 10.2. The molecule has 0 atom stereocenters. The Kier molecular flexibility index (Phi) is 4.76. The van der Waals surface area contributed by atoms with E-state index in [-0.39, 0.29) is 5.76 Å². The number of nitro groups is 1. The first-order valence-electron chi connectivity index (χ1n) is 5.11. The molecule has 1 aromatic rings. The molecule has 1 rings (SSSR count). The van der Waals surface area contributed by atoms with Gasteiger partial charge in [0, 0.05) is 13.0 Å². The third kappa shape index (κ3) is 3.99. The molecule has 6 heteroatoms. The highest BCUT2D eigenvalue weighted by Crippen LogP contribution is 2.15. The molecule has 0 bridgehead atoms. The molecule has 0 radical (unpaired) electrons. The molecule has 0 aromatic carbocycles. The minimum atomic E-state index is -0.691. The predicted molar refractivity (Wildman–Crippen MR) is 60.4 cm³/mol. The van der Waals surface area contributed by atoms with Gasteiger partial charge >= 0.3 is 5.88 Å². The Bertz CT molecular complexity index is 445. The molecule has 0 aliphatic rings. The van der Waals surface area contributed by atoms with Crippen molar-refractivity contribution in [3.63, 3.8) is 0 Å². The van der Waals surface area contributed by atoms with Crippen molar-refractivity contribution in [2.24, 2.45) is 0 Å². The van der Waals surface area contributed by atoms with E-state index in [1.807, 2.05) is 0 Å². The molecule has 90 valence electrons. The highest BCUT2D eigenvalue weighted by molar-refractivity contribution is 5.91. The quantitative estimate of drug-likeness (QED) is 0.352. The summed E-state index contributed by atoms with van der Waals surface area (Å²) in [5.41, 5.74) is 0. The van der Waals surface area contributed by atoms with Gasteiger partial charge in [0.15, 0.2) is 5.76 Å². The van der Waals surface area contributed by atoms with Crippen LogP contribution in [0.15, 0.2) is 16.5 Å². The van der Waals surface area contributed by atoms with Gasteiger partial charge in [-0.2, -0.15) is 0 Å². The van der Waals surface area contributed by atoms with Crippen molar-refractivity contribution >= 4 is 11.8 Å². The van der Waals surface area contributed by atoms with Gasteiger partial charge in [0.2, 0.25) is 0 Å². The standard InChI is InChI=1S/C11H12N2O4/c1-2-3-4-5-8-12-11(14)9-6-7-10(17-9)13(15)16/h1,6-7H,3-5,8H2,(H,12,14). The average Bonchev–Trinajstić information content (AvgIpc) is 2.78. The Morgan fingerprint density at radius 1 is 1.53 bits per heavy atom. The second kappa shape index (κ2) is 6.33. The van der Waals surface area contributed by atoms with E-state index in [0.717, 1.165) is 18.9 Å². The second-order valence-corrected chi connectivity index (χ2v) is 3.31. The van der Waals surface area contributed by atoms with E-state index < -0.39 is 16.7 Å². The Morgan fingerprint density at radius 3 is 2.88 bits per heavy atom. The van der Waals surface area contributed by atoms with E-state index in [0.29, 0.717) is 13.0 Å². The maximum atomic E-state index is 11.4. The number of nitrogens with zero attached hydrogens (tertiary/aromatic N) is 1. The normalized spacial score (nSPS) is 9.59. The van der Waals surface area contributed by atoms with Crippen LogP contribution >= 0.6 is 0 Å². The van der Waals surface area contributed by atoms with Gasteiger partial charge in [-0.3, -0.25) is 14.9 Å². The number of terminal acetylenes is 1. The first kappa shape index (κ1) is 12.8. The summed E-state index contributed by atoms with van der Waals surface area (Å²) in [5, 5.41) is 12.9. The second-order valence-electron chi connectivity index (χ2n) is 3.31. The van der Waals surface area contributed by atoms with E-state index in [1.54, 1.807) is 0 Å². The van der Waals surface area contributed by atoms with Gasteiger partial charge < -0.3 is 9.73 Å². The van der Waals surface area contributed by atoms with Crippen LogP contribution in [0.25, 0.3) is 0 Å². The van der Waals surface area contributed by atoms with Gasteiger partial charge in [0.1, 0.15) is 4.92 Å². The lowest BCUT2D eigenvalue weighted by Gasteiger charge is -2.00. The molecule has 1 aromatic heterocycles. The van der Waals surface area contributed by atoms with Gasteiger partial charge in [0.25, 0.3) is 5.91 Å². The smallest absolute Gasteiger partial charge is 0.395 e.